The van der Waals surface area contributed by atoms with Crippen molar-refractivity contribution < 1.29 is 33.1 Å². The third-order valence-corrected chi connectivity index (χ3v) is 6.85. The molecule has 36 heavy (non-hydrogen) atoms. The highest BCUT2D eigenvalue weighted by atomic mass is 31.2. The van der Waals surface area contributed by atoms with Gasteiger partial charge in [0.25, 0.3) is 0 Å². The van der Waals surface area contributed by atoms with Crippen molar-refractivity contribution in [1.29, 1.82) is 0 Å². The van der Waals surface area contributed by atoms with E-state index in [1.807, 2.05) is 0 Å². The van der Waals surface area contributed by atoms with E-state index in [2.05, 4.69) is 30.5 Å². The van der Waals surface area contributed by atoms with E-state index >= 15 is 0 Å². The van der Waals surface area contributed by atoms with Crippen LogP contribution < -0.4 is 5.73 Å². The Morgan fingerprint density at radius 3 is 1.92 bits per heavy atom. The number of ether oxygens (including phenoxy) is 1. The third kappa shape index (κ3) is 24.9. The van der Waals surface area contributed by atoms with Gasteiger partial charge in [-0.3, -0.25) is 13.8 Å². The van der Waals surface area contributed by atoms with Crippen LogP contribution in [0, 0.1) is 5.92 Å². The second kappa shape index (κ2) is 24.6. The summed E-state index contributed by atoms with van der Waals surface area (Å²) in [5.41, 5.74) is 5.20. The first-order valence-electron chi connectivity index (χ1n) is 14.1. The summed E-state index contributed by atoms with van der Waals surface area (Å²) in [6.07, 6.45) is 22.1. The molecule has 9 heteroatoms. The number of nitrogens with two attached hydrogens (primary N) is 1. The predicted octanol–water partition coefficient (Wildman–Crippen LogP) is 6.44. The van der Waals surface area contributed by atoms with E-state index in [0.29, 0.717) is 0 Å². The Hall–Kier alpha value is -0.760. The molecule has 0 saturated carbocycles. The number of hydrogen-bond acceptors (Lipinski definition) is 7. The summed E-state index contributed by atoms with van der Waals surface area (Å²) >= 11 is 0. The maximum atomic E-state index is 11.9. The van der Waals surface area contributed by atoms with E-state index in [-0.39, 0.29) is 19.6 Å². The zero-order chi connectivity index (χ0) is 26.9. The molecule has 214 valence electrons. The molecule has 0 radical (unpaired) electrons. The number of rotatable bonds is 26. The molecule has 2 atom stereocenters. The van der Waals surface area contributed by atoms with E-state index < -0.39 is 33.1 Å². The lowest BCUT2D eigenvalue weighted by atomic mass is 10.0. The Kier molecular flexibility index (Phi) is 24.1. The van der Waals surface area contributed by atoms with Gasteiger partial charge in [-0.05, 0) is 38.0 Å². The van der Waals surface area contributed by atoms with Crippen LogP contribution in [0.15, 0.2) is 12.2 Å². The van der Waals surface area contributed by atoms with Crippen LogP contribution in [0.2, 0.25) is 0 Å². The van der Waals surface area contributed by atoms with Crippen LogP contribution in [0.25, 0.3) is 0 Å². The number of unbranched alkanes of at least 4 members (excludes halogenated alkanes) is 12. The Bertz CT molecular complexity index is 586. The van der Waals surface area contributed by atoms with Gasteiger partial charge in [0.05, 0.1) is 19.8 Å². The second-order valence-corrected chi connectivity index (χ2v) is 11.4. The number of aliphatic hydroxyl groups excluding tert-OH is 1. The molecule has 0 aromatic carbocycles. The highest BCUT2D eigenvalue weighted by Gasteiger charge is 2.24. The summed E-state index contributed by atoms with van der Waals surface area (Å²) in [4.78, 5) is 21.4. The molecule has 0 saturated heterocycles. The average molecular weight is 536 g/mol. The number of allylic oxidation sites excluding steroid dienone is 2. The van der Waals surface area contributed by atoms with Crippen molar-refractivity contribution in [3.05, 3.63) is 12.2 Å². The topological polar surface area (TPSA) is 128 Å². The molecule has 0 aliphatic heterocycles. The standard InChI is InChI=1S/C27H54NO7P/c1-25(2)19-17-15-13-11-9-7-5-3-4-6-8-10-12-14-16-18-20-27(30)35-26(23-29)24-34-36(31,32)33-22-21-28/h7,9,25-26,29H,3-6,8,10-24,28H2,1-2H3,(H,31,32)/b9-7-/t26-/m0/s1. The predicted molar refractivity (Wildman–Crippen MR) is 146 cm³/mol. The van der Waals surface area contributed by atoms with Crippen LogP contribution in [0.5, 0.6) is 0 Å². The molecule has 1 unspecified atom stereocenters. The van der Waals surface area contributed by atoms with Gasteiger partial charge >= 0.3 is 13.8 Å². The third-order valence-electron chi connectivity index (χ3n) is 5.87. The molecule has 0 rings (SSSR count). The number of esters is 1. The lowest BCUT2D eigenvalue weighted by Gasteiger charge is -2.17. The average Bonchev–Trinajstić information content (AvgIpc) is 2.84. The normalized spacial score (nSPS) is 14.4. The van der Waals surface area contributed by atoms with Gasteiger partial charge in [-0.1, -0.05) is 90.2 Å². The summed E-state index contributed by atoms with van der Waals surface area (Å²) in [7, 11) is -4.26. The molecule has 8 nitrogen and oxygen atoms in total. The van der Waals surface area contributed by atoms with Crippen molar-refractivity contribution in [1.82, 2.24) is 0 Å². The maximum Gasteiger partial charge on any atom is 0.472 e. The van der Waals surface area contributed by atoms with E-state index in [9.17, 15) is 19.4 Å². The van der Waals surface area contributed by atoms with Gasteiger partial charge in [0, 0.05) is 13.0 Å². The van der Waals surface area contributed by atoms with Crippen molar-refractivity contribution >= 4 is 13.8 Å². The Balaban J connectivity index is 3.53. The summed E-state index contributed by atoms with van der Waals surface area (Å²) < 4.78 is 26.0. The first-order valence-corrected chi connectivity index (χ1v) is 15.6. The number of phosphoric ester groups is 1. The summed E-state index contributed by atoms with van der Waals surface area (Å²) in [5, 5.41) is 9.29. The fourth-order valence-corrected chi connectivity index (χ4v) is 4.51. The minimum Gasteiger partial charge on any atom is -0.457 e. The van der Waals surface area contributed by atoms with Crippen LogP contribution in [0.4, 0.5) is 0 Å². The summed E-state index contributed by atoms with van der Waals surface area (Å²) in [5.74, 6) is 0.380. The van der Waals surface area contributed by atoms with Gasteiger partial charge in [-0.25, -0.2) is 4.57 Å². The second-order valence-electron chi connectivity index (χ2n) is 9.90. The van der Waals surface area contributed by atoms with E-state index in [1.165, 1.54) is 77.0 Å². The first-order chi connectivity index (χ1) is 17.3. The highest BCUT2D eigenvalue weighted by molar-refractivity contribution is 7.47. The molecule has 0 aromatic heterocycles. The van der Waals surface area contributed by atoms with Crippen molar-refractivity contribution in [2.24, 2.45) is 11.7 Å². The molecule has 0 spiro atoms. The monoisotopic (exact) mass is 535 g/mol. The molecule has 0 amide bonds. The zero-order valence-electron chi connectivity index (χ0n) is 22.9. The van der Waals surface area contributed by atoms with E-state index in [4.69, 9.17) is 15.0 Å². The lowest BCUT2D eigenvalue weighted by molar-refractivity contribution is -0.153. The fourth-order valence-electron chi connectivity index (χ4n) is 3.75. The molecule has 0 aromatic rings. The van der Waals surface area contributed by atoms with Crippen LogP contribution in [0.1, 0.15) is 117 Å². The van der Waals surface area contributed by atoms with Crippen LogP contribution >= 0.6 is 7.82 Å². The first kappa shape index (κ1) is 35.2. The summed E-state index contributed by atoms with van der Waals surface area (Å²) in [6.45, 7) is 3.61. The molecular weight excluding hydrogens is 481 g/mol. The molecule has 0 bridgehead atoms. The molecule has 0 aliphatic carbocycles. The molecule has 4 N–H and O–H groups in total. The number of carbonyl (C=O) groups excluding carboxylic acids is 1. The molecular formula is C27H54NO7P. The largest absolute Gasteiger partial charge is 0.472 e. The molecule has 0 heterocycles. The minimum atomic E-state index is -4.26. The van der Waals surface area contributed by atoms with E-state index in [0.717, 1.165) is 25.2 Å². The minimum absolute atomic E-state index is 0.0726. The Morgan fingerprint density at radius 2 is 1.39 bits per heavy atom. The van der Waals surface area contributed by atoms with Crippen LogP contribution in [-0.4, -0.2) is 48.4 Å². The lowest BCUT2D eigenvalue weighted by Crippen LogP contribution is -2.27. The van der Waals surface area contributed by atoms with Crippen molar-refractivity contribution in [2.45, 2.75) is 123 Å². The zero-order valence-corrected chi connectivity index (χ0v) is 23.8. The molecule has 0 fully saturated rings. The quantitative estimate of drug-likeness (QED) is 0.0500. The van der Waals surface area contributed by atoms with Crippen LogP contribution in [-0.2, 0) is 23.1 Å². The van der Waals surface area contributed by atoms with Gasteiger partial charge < -0.3 is 20.5 Å². The summed E-state index contributed by atoms with van der Waals surface area (Å²) in [6, 6.07) is 0. The Labute approximate surface area is 220 Å². The van der Waals surface area contributed by atoms with Gasteiger partial charge in [-0.15, -0.1) is 0 Å². The van der Waals surface area contributed by atoms with Crippen LogP contribution in [0.3, 0.4) is 0 Å². The fraction of sp³-hybridized carbons (Fsp3) is 0.889. The van der Waals surface area contributed by atoms with Crippen molar-refractivity contribution in [2.75, 3.05) is 26.4 Å². The van der Waals surface area contributed by atoms with Crippen molar-refractivity contribution in [3.8, 4) is 0 Å². The molecule has 0 aliphatic rings. The highest BCUT2D eigenvalue weighted by Crippen LogP contribution is 2.42. The Morgan fingerprint density at radius 1 is 0.861 bits per heavy atom. The van der Waals surface area contributed by atoms with Gasteiger partial charge in [-0.2, -0.15) is 0 Å². The number of aliphatic hydroxyl groups is 1. The SMILES string of the molecule is CC(C)CCCCC/C=C\CCCCCCCCCCCC(=O)O[C@@H](CO)COP(=O)(O)OCCN. The van der Waals surface area contributed by atoms with E-state index in [1.54, 1.807) is 0 Å². The van der Waals surface area contributed by atoms with Crippen molar-refractivity contribution in [3.63, 3.8) is 0 Å². The maximum absolute atomic E-state index is 11.9. The van der Waals surface area contributed by atoms with Gasteiger partial charge in [0.1, 0.15) is 6.10 Å². The van der Waals surface area contributed by atoms with Gasteiger partial charge in [0.15, 0.2) is 0 Å². The number of phosphoric acid groups is 1. The van der Waals surface area contributed by atoms with Gasteiger partial charge in [0.2, 0.25) is 0 Å². The smallest absolute Gasteiger partial charge is 0.457 e. The number of carbonyl (C=O) groups is 1. The number of hydrogen-bond donors (Lipinski definition) is 3.